The van der Waals surface area contributed by atoms with Crippen LogP contribution in [0.3, 0.4) is 0 Å². The second kappa shape index (κ2) is 7.90. The minimum atomic E-state index is -0.201. The van der Waals surface area contributed by atoms with Crippen molar-refractivity contribution in [2.75, 3.05) is 12.4 Å². The summed E-state index contributed by atoms with van der Waals surface area (Å²) >= 11 is 1.52. The van der Waals surface area contributed by atoms with Gasteiger partial charge in [-0.3, -0.25) is 9.89 Å². The van der Waals surface area contributed by atoms with Gasteiger partial charge in [0.15, 0.2) is 16.6 Å². The van der Waals surface area contributed by atoms with Crippen molar-refractivity contribution in [2.45, 2.75) is 19.0 Å². The van der Waals surface area contributed by atoms with Crippen LogP contribution in [0.2, 0.25) is 0 Å². The van der Waals surface area contributed by atoms with Crippen LogP contribution in [0.25, 0.3) is 17.0 Å². The summed E-state index contributed by atoms with van der Waals surface area (Å²) in [5, 5.41) is 3.43. The molecule has 142 valence electrons. The van der Waals surface area contributed by atoms with Crippen LogP contribution >= 0.6 is 11.8 Å². The summed E-state index contributed by atoms with van der Waals surface area (Å²) in [5.41, 5.74) is 3.60. The fraction of sp³-hybridized carbons (Fsp3) is 0.190. The molecule has 0 aliphatic carbocycles. The number of aromatic amines is 1. The summed E-state index contributed by atoms with van der Waals surface area (Å²) < 4.78 is 7.43. The van der Waals surface area contributed by atoms with E-state index in [1.54, 1.807) is 4.52 Å². The molecule has 4 aromatic rings. The Hall–Kier alpha value is -3.06. The third-order valence-electron chi connectivity index (χ3n) is 4.21. The number of hydrogen-bond acceptors (Lipinski definition) is 5. The monoisotopic (exact) mass is 392 g/mol. The number of aryl methyl sites for hydroxylation is 2. The van der Waals surface area contributed by atoms with Gasteiger partial charge in [0.1, 0.15) is 5.75 Å². The molecular formula is C21H20N4O2S. The van der Waals surface area contributed by atoms with Crippen molar-refractivity contribution in [3.8, 4) is 17.1 Å². The predicted octanol–water partition coefficient (Wildman–Crippen LogP) is 3.87. The molecule has 2 aromatic carbocycles. The second-order valence-electron chi connectivity index (χ2n) is 6.52. The highest BCUT2D eigenvalue weighted by atomic mass is 32.2. The van der Waals surface area contributed by atoms with Gasteiger partial charge in [-0.25, -0.2) is 14.5 Å². The maximum absolute atomic E-state index is 11.8. The Morgan fingerprint density at radius 1 is 1.04 bits per heavy atom. The molecule has 0 aliphatic rings. The average Bonchev–Trinajstić information content (AvgIpc) is 3.06. The quantitative estimate of drug-likeness (QED) is 0.398. The summed E-state index contributed by atoms with van der Waals surface area (Å²) in [6.45, 7) is 4.61. The lowest BCUT2D eigenvalue weighted by Gasteiger charge is -2.09. The molecule has 0 amide bonds. The van der Waals surface area contributed by atoms with Crippen molar-refractivity contribution in [3.63, 3.8) is 0 Å². The van der Waals surface area contributed by atoms with Gasteiger partial charge in [-0.05, 0) is 31.5 Å². The van der Waals surface area contributed by atoms with Crippen LogP contribution in [0.4, 0.5) is 0 Å². The Morgan fingerprint density at radius 2 is 1.86 bits per heavy atom. The van der Waals surface area contributed by atoms with Crippen LogP contribution in [0.15, 0.2) is 64.5 Å². The van der Waals surface area contributed by atoms with Crippen LogP contribution in [-0.4, -0.2) is 31.9 Å². The Labute approximate surface area is 166 Å². The molecule has 0 spiro atoms. The zero-order valence-electron chi connectivity index (χ0n) is 15.7. The van der Waals surface area contributed by atoms with E-state index in [1.807, 2.05) is 62.4 Å². The molecule has 2 aromatic heterocycles. The molecule has 6 nitrogen and oxygen atoms in total. The van der Waals surface area contributed by atoms with Crippen LogP contribution < -0.4 is 10.3 Å². The summed E-state index contributed by atoms with van der Waals surface area (Å²) in [5.74, 6) is 2.14. The fourth-order valence-electron chi connectivity index (χ4n) is 2.81. The summed E-state index contributed by atoms with van der Waals surface area (Å²) in [6, 6.07) is 17.5. The average molecular weight is 392 g/mol. The van der Waals surface area contributed by atoms with Gasteiger partial charge in [-0.2, -0.15) is 0 Å². The Kier molecular flexibility index (Phi) is 5.16. The molecule has 2 heterocycles. The van der Waals surface area contributed by atoms with E-state index in [9.17, 15) is 4.79 Å². The first-order valence-corrected chi connectivity index (χ1v) is 9.96. The number of fused-ring (bicyclic) bond motifs is 1. The van der Waals surface area contributed by atoms with Gasteiger partial charge in [0.05, 0.1) is 6.61 Å². The smallest absolute Gasteiger partial charge is 0.266 e. The van der Waals surface area contributed by atoms with E-state index in [2.05, 4.69) is 15.1 Å². The molecule has 7 heteroatoms. The summed E-state index contributed by atoms with van der Waals surface area (Å²) in [4.78, 5) is 21.0. The van der Waals surface area contributed by atoms with Gasteiger partial charge in [0.25, 0.3) is 5.56 Å². The molecule has 1 N–H and O–H groups in total. The first-order chi connectivity index (χ1) is 13.6. The van der Waals surface area contributed by atoms with Crippen molar-refractivity contribution in [3.05, 3.63) is 76.1 Å². The highest BCUT2D eigenvalue weighted by Gasteiger charge is 2.11. The van der Waals surface area contributed by atoms with Gasteiger partial charge in [-0.15, -0.1) is 0 Å². The SMILES string of the molecule is Cc1ccc(-c2nc(SCCOc3cccc(C)c3)n3[nH]c(=O)cc3n2)cc1. The first-order valence-electron chi connectivity index (χ1n) is 8.98. The number of rotatable bonds is 6. The normalized spacial score (nSPS) is 11.1. The standard InChI is InChI=1S/C21H20N4O2S/c1-14-6-8-16(9-7-14)20-22-18-13-19(26)24-25(18)21(23-20)28-11-10-27-17-5-3-4-15(2)12-17/h3-9,12-13H,10-11H2,1-2H3,(H,24,26). The molecule has 0 fully saturated rings. The molecule has 0 saturated carbocycles. The van der Waals surface area contributed by atoms with Gasteiger partial charge < -0.3 is 4.74 Å². The first kappa shape index (κ1) is 18.3. The largest absolute Gasteiger partial charge is 0.493 e. The van der Waals surface area contributed by atoms with E-state index < -0.39 is 0 Å². The van der Waals surface area contributed by atoms with E-state index in [4.69, 9.17) is 4.74 Å². The summed E-state index contributed by atoms with van der Waals surface area (Å²) in [6.07, 6.45) is 0. The highest BCUT2D eigenvalue weighted by Crippen LogP contribution is 2.22. The van der Waals surface area contributed by atoms with Crippen LogP contribution in [0.5, 0.6) is 5.75 Å². The Balaban J connectivity index is 1.55. The molecule has 0 bridgehead atoms. The molecule has 28 heavy (non-hydrogen) atoms. The number of nitrogens with one attached hydrogen (secondary N) is 1. The Morgan fingerprint density at radius 3 is 2.64 bits per heavy atom. The number of hydrogen-bond donors (Lipinski definition) is 1. The van der Waals surface area contributed by atoms with Gasteiger partial charge >= 0.3 is 0 Å². The van der Waals surface area contributed by atoms with Gasteiger partial charge in [0.2, 0.25) is 0 Å². The molecule has 0 aliphatic heterocycles. The molecule has 0 unspecified atom stereocenters. The van der Waals surface area contributed by atoms with E-state index in [0.29, 0.717) is 29.0 Å². The van der Waals surface area contributed by atoms with E-state index in [1.165, 1.54) is 23.4 Å². The third kappa shape index (κ3) is 4.09. The van der Waals surface area contributed by atoms with E-state index in [-0.39, 0.29) is 5.56 Å². The molecule has 0 saturated heterocycles. The number of nitrogens with zero attached hydrogens (tertiary/aromatic N) is 3. The van der Waals surface area contributed by atoms with E-state index >= 15 is 0 Å². The van der Waals surface area contributed by atoms with Crippen LogP contribution in [0, 0.1) is 13.8 Å². The summed E-state index contributed by atoms with van der Waals surface area (Å²) in [7, 11) is 0. The van der Waals surface area contributed by atoms with Crippen LogP contribution in [0.1, 0.15) is 11.1 Å². The Bertz CT molecular complexity index is 1170. The minimum absolute atomic E-state index is 0.201. The maximum atomic E-state index is 11.8. The zero-order chi connectivity index (χ0) is 19.5. The molecular weight excluding hydrogens is 372 g/mol. The minimum Gasteiger partial charge on any atom is -0.493 e. The second-order valence-corrected chi connectivity index (χ2v) is 7.59. The number of aromatic nitrogens is 4. The predicted molar refractivity (Wildman–Crippen MR) is 111 cm³/mol. The van der Waals surface area contributed by atoms with Gasteiger partial charge in [-0.1, -0.05) is 53.7 Å². The fourth-order valence-corrected chi connectivity index (χ4v) is 3.58. The van der Waals surface area contributed by atoms with Crippen molar-refractivity contribution < 1.29 is 4.74 Å². The number of benzene rings is 2. The molecule has 0 radical (unpaired) electrons. The van der Waals surface area contributed by atoms with Crippen molar-refractivity contribution >= 4 is 17.4 Å². The maximum Gasteiger partial charge on any atom is 0.266 e. The number of ether oxygens (including phenoxy) is 1. The zero-order valence-corrected chi connectivity index (χ0v) is 16.5. The lowest BCUT2D eigenvalue weighted by molar-refractivity contribution is 0.343. The third-order valence-corrected chi connectivity index (χ3v) is 5.11. The lowest BCUT2D eigenvalue weighted by atomic mass is 10.1. The van der Waals surface area contributed by atoms with E-state index in [0.717, 1.165) is 16.9 Å². The van der Waals surface area contributed by atoms with Crippen molar-refractivity contribution in [1.82, 2.24) is 19.6 Å². The number of thioether (sulfide) groups is 1. The highest BCUT2D eigenvalue weighted by molar-refractivity contribution is 7.99. The molecule has 4 rings (SSSR count). The van der Waals surface area contributed by atoms with Crippen molar-refractivity contribution in [1.29, 1.82) is 0 Å². The molecule has 0 atom stereocenters. The van der Waals surface area contributed by atoms with Crippen LogP contribution in [-0.2, 0) is 0 Å². The van der Waals surface area contributed by atoms with Crippen molar-refractivity contribution in [2.24, 2.45) is 0 Å². The lowest BCUT2D eigenvalue weighted by Crippen LogP contribution is -2.06. The number of H-pyrrole nitrogens is 1. The topological polar surface area (TPSA) is 72.3 Å². The van der Waals surface area contributed by atoms with Gasteiger partial charge in [0, 0.05) is 17.4 Å².